The molecule has 0 aliphatic carbocycles. The van der Waals surface area contributed by atoms with Crippen LogP contribution in [-0.4, -0.2) is 58.4 Å². The van der Waals surface area contributed by atoms with Crippen LogP contribution in [0.5, 0.6) is 0 Å². The average molecular weight is 245 g/mol. The van der Waals surface area contributed by atoms with Gasteiger partial charge in [-0.1, -0.05) is 6.92 Å². The van der Waals surface area contributed by atoms with Crippen molar-refractivity contribution in [3.05, 3.63) is 0 Å². The molecule has 0 aromatic rings. The van der Waals surface area contributed by atoms with Crippen LogP contribution in [0, 0.1) is 0 Å². The van der Waals surface area contributed by atoms with Crippen LogP contribution in [0.15, 0.2) is 0 Å². The number of rotatable bonds is 4. The Morgan fingerprint density at radius 1 is 1.53 bits per heavy atom. The van der Waals surface area contributed by atoms with Crippen LogP contribution >= 0.6 is 0 Å². The minimum atomic E-state index is -1.09. The van der Waals surface area contributed by atoms with E-state index in [1.165, 1.54) is 12.0 Å². The van der Waals surface area contributed by atoms with Crippen LogP contribution in [-0.2, 0) is 14.3 Å². The molecule has 1 heterocycles. The molecule has 1 saturated heterocycles. The van der Waals surface area contributed by atoms with Crippen LogP contribution < -0.4 is 0 Å². The van der Waals surface area contributed by atoms with Gasteiger partial charge in [-0.3, -0.25) is 4.79 Å². The maximum Gasteiger partial charge on any atom is 0.326 e. The first-order valence-corrected chi connectivity index (χ1v) is 5.62. The number of hydrogen-bond donors (Lipinski definition) is 2. The minimum Gasteiger partial charge on any atom is -0.480 e. The van der Waals surface area contributed by atoms with Crippen molar-refractivity contribution in [2.24, 2.45) is 0 Å². The number of carboxylic acid groups (broad SMARTS) is 1. The van der Waals surface area contributed by atoms with E-state index in [2.05, 4.69) is 0 Å². The fourth-order valence-electron chi connectivity index (χ4n) is 1.96. The molecule has 1 aliphatic heterocycles. The predicted octanol–water partition coefficient (Wildman–Crippen LogP) is -0.152. The molecular formula is C11H19NO5. The van der Waals surface area contributed by atoms with Crippen molar-refractivity contribution < 1.29 is 24.5 Å². The second-order valence-electron chi connectivity index (χ2n) is 4.49. The molecule has 1 aliphatic rings. The minimum absolute atomic E-state index is 0.0503. The second-order valence-corrected chi connectivity index (χ2v) is 4.49. The van der Waals surface area contributed by atoms with Crippen LogP contribution in [0.4, 0.5) is 0 Å². The SMILES string of the molecule is CCC(C)(OC)C(=O)N1C[C@H](O)C[C@@H]1C(=O)O. The van der Waals surface area contributed by atoms with E-state index in [-0.39, 0.29) is 18.9 Å². The number of carboxylic acids is 1. The number of aliphatic carboxylic acids is 1. The Kier molecular flexibility index (Phi) is 4.11. The van der Waals surface area contributed by atoms with Gasteiger partial charge in [0.05, 0.1) is 6.10 Å². The van der Waals surface area contributed by atoms with Gasteiger partial charge in [0.2, 0.25) is 0 Å². The summed E-state index contributed by atoms with van der Waals surface area (Å²) in [5.74, 6) is -1.48. The highest BCUT2D eigenvalue weighted by Crippen LogP contribution is 2.25. The topological polar surface area (TPSA) is 87.1 Å². The summed E-state index contributed by atoms with van der Waals surface area (Å²) < 4.78 is 5.16. The lowest BCUT2D eigenvalue weighted by molar-refractivity contribution is -0.160. The summed E-state index contributed by atoms with van der Waals surface area (Å²) in [4.78, 5) is 24.4. The van der Waals surface area contributed by atoms with E-state index in [1.807, 2.05) is 0 Å². The molecule has 0 aromatic heterocycles. The first-order valence-electron chi connectivity index (χ1n) is 5.62. The molecule has 6 nitrogen and oxygen atoms in total. The van der Waals surface area contributed by atoms with Gasteiger partial charge in [-0.2, -0.15) is 0 Å². The van der Waals surface area contributed by atoms with Crippen molar-refractivity contribution in [1.29, 1.82) is 0 Å². The Labute approximate surface area is 100 Å². The summed E-state index contributed by atoms with van der Waals surface area (Å²) in [6, 6.07) is -0.960. The van der Waals surface area contributed by atoms with Gasteiger partial charge >= 0.3 is 5.97 Å². The Hall–Kier alpha value is -1.14. The normalized spacial score (nSPS) is 27.9. The van der Waals surface area contributed by atoms with Gasteiger partial charge in [-0.15, -0.1) is 0 Å². The zero-order valence-electron chi connectivity index (χ0n) is 10.3. The zero-order valence-corrected chi connectivity index (χ0v) is 10.3. The van der Waals surface area contributed by atoms with Gasteiger partial charge in [-0.25, -0.2) is 4.79 Å². The Balaban J connectivity index is 2.91. The van der Waals surface area contributed by atoms with Crippen molar-refractivity contribution in [3.8, 4) is 0 Å². The highest BCUT2D eigenvalue weighted by atomic mass is 16.5. The maximum absolute atomic E-state index is 12.2. The van der Waals surface area contributed by atoms with Gasteiger partial charge in [0.25, 0.3) is 5.91 Å². The molecule has 0 saturated carbocycles. The number of carbonyl (C=O) groups is 2. The molecule has 98 valence electrons. The first kappa shape index (κ1) is 13.9. The molecule has 0 bridgehead atoms. The number of amides is 1. The van der Waals surface area contributed by atoms with E-state index in [1.54, 1.807) is 13.8 Å². The van der Waals surface area contributed by atoms with Gasteiger partial charge in [0, 0.05) is 20.1 Å². The Morgan fingerprint density at radius 3 is 2.53 bits per heavy atom. The number of ether oxygens (including phenoxy) is 1. The van der Waals surface area contributed by atoms with Crippen molar-refractivity contribution >= 4 is 11.9 Å². The van der Waals surface area contributed by atoms with Gasteiger partial charge in [0.1, 0.15) is 11.6 Å². The van der Waals surface area contributed by atoms with Crippen molar-refractivity contribution in [2.75, 3.05) is 13.7 Å². The lowest BCUT2D eigenvalue weighted by Crippen LogP contribution is -2.51. The van der Waals surface area contributed by atoms with Crippen LogP contribution in [0.1, 0.15) is 26.7 Å². The molecule has 1 amide bonds. The second kappa shape index (κ2) is 5.01. The third-order valence-corrected chi connectivity index (χ3v) is 3.40. The number of carbonyl (C=O) groups excluding carboxylic acids is 1. The monoisotopic (exact) mass is 245 g/mol. The molecule has 3 atom stereocenters. The van der Waals surface area contributed by atoms with Crippen molar-refractivity contribution in [1.82, 2.24) is 4.90 Å². The first-order chi connectivity index (χ1) is 7.85. The molecule has 0 spiro atoms. The van der Waals surface area contributed by atoms with E-state index in [0.717, 1.165) is 0 Å². The molecule has 1 unspecified atom stereocenters. The number of β-amino-alcohol motifs (C(OH)–C–C–N with tert-alkyl or cyclic N) is 1. The summed E-state index contributed by atoms with van der Waals surface area (Å²) in [6.07, 6.45) is -0.260. The molecule has 17 heavy (non-hydrogen) atoms. The number of methoxy groups -OCH3 is 1. The highest BCUT2D eigenvalue weighted by Gasteiger charge is 2.45. The van der Waals surface area contributed by atoms with Gasteiger partial charge < -0.3 is 19.8 Å². The number of nitrogens with zero attached hydrogens (tertiary/aromatic N) is 1. The van der Waals surface area contributed by atoms with Crippen LogP contribution in [0.25, 0.3) is 0 Å². The van der Waals surface area contributed by atoms with Crippen molar-refractivity contribution in [2.45, 2.75) is 44.4 Å². The standard InChI is InChI=1S/C11H19NO5/c1-4-11(2,17-3)10(16)12-6-7(13)5-8(12)9(14)15/h7-8,13H,4-6H2,1-3H3,(H,14,15)/t7-,8-,11?/m1/s1. The number of aliphatic hydroxyl groups excluding tert-OH is 1. The summed E-state index contributed by atoms with van der Waals surface area (Å²) in [5.41, 5.74) is -1.03. The summed E-state index contributed by atoms with van der Waals surface area (Å²) in [7, 11) is 1.42. The molecular weight excluding hydrogens is 226 g/mol. The lowest BCUT2D eigenvalue weighted by Gasteiger charge is -2.32. The van der Waals surface area contributed by atoms with Crippen LogP contribution in [0.2, 0.25) is 0 Å². The maximum atomic E-state index is 12.2. The summed E-state index contributed by atoms with van der Waals surface area (Å²) in [5, 5.41) is 18.5. The van der Waals surface area contributed by atoms with Crippen molar-refractivity contribution in [3.63, 3.8) is 0 Å². The van der Waals surface area contributed by atoms with E-state index in [4.69, 9.17) is 9.84 Å². The quantitative estimate of drug-likeness (QED) is 0.719. The number of likely N-dealkylation sites (tertiary alicyclic amines) is 1. The molecule has 6 heteroatoms. The largest absolute Gasteiger partial charge is 0.480 e. The lowest BCUT2D eigenvalue weighted by atomic mass is 10.0. The van der Waals surface area contributed by atoms with Crippen LogP contribution in [0.3, 0.4) is 0 Å². The Bertz CT molecular complexity index is 313. The summed E-state index contributed by atoms with van der Waals surface area (Å²) in [6.45, 7) is 3.47. The van der Waals surface area contributed by atoms with Gasteiger partial charge in [0.15, 0.2) is 0 Å². The Morgan fingerprint density at radius 2 is 2.12 bits per heavy atom. The smallest absolute Gasteiger partial charge is 0.326 e. The number of aliphatic hydroxyl groups is 1. The molecule has 0 aromatic carbocycles. The summed E-state index contributed by atoms with van der Waals surface area (Å²) >= 11 is 0. The van der Waals surface area contributed by atoms with E-state index >= 15 is 0 Å². The fraction of sp³-hybridized carbons (Fsp3) is 0.818. The van der Waals surface area contributed by atoms with E-state index in [0.29, 0.717) is 6.42 Å². The highest BCUT2D eigenvalue weighted by molar-refractivity contribution is 5.89. The average Bonchev–Trinajstić information content (AvgIpc) is 2.69. The van der Waals surface area contributed by atoms with E-state index < -0.39 is 23.7 Å². The molecule has 1 rings (SSSR count). The van der Waals surface area contributed by atoms with Gasteiger partial charge in [-0.05, 0) is 13.3 Å². The fourth-order valence-corrected chi connectivity index (χ4v) is 1.96. The zero-order chi connectivity index (χ0) is 13.2. The predicted molar refractivity (Wildman–Crippen MR) is 59.5 cm³/mol. The number of hydrogen-bond acceptors (Lipinski definition) is 4. The molecule has 2 N–H and O–H groups in total. The molecule has 0 radical (unpaired) electrons. The van der Waals surface area contributed by atoms with E-state index in [9.17, 15) is 14.7 Å². The third kappa shape index (κ3) is 2.58. The molecule has 1 fully saturated rings. The third-order valence-electron chi connectivity index (χ3n) is 3.40.